The number of rotatable bonds is 5. The van der Waals surface area contributed by atoms with Crippen LogP contribution in [0.15, 0.2) is 24.3 Å². The van der Waals surface area contributed by atoms with E-state index in [1.165, 1.54) is 0 Å². The summed E-state index contributed by atoms with van der Waals surface area (Å²) in [5.41, 5.74) is 0.103. The molecule has 6 heteroatoms. The monoisotopic (exact) mass is 373 g/mol. The molecule has 2 amide bonds. The van der Waals surface area contributed by atoms with E-state index in [0.717, 1.165) is 50.2 Å². The second-order valence-corrected chi connectivity index (χ2v) is 8.06. The van der Waals surface area contributed by atoms with Crippen LogP contribution < -0.4 is 15.0 Å². The zero-order chi connectivity index (χ0) is 19.4. The Hall–Kier alpha value is -2.24. The molecule has 148 valence electrons. The lowest BCUT2D eigenvalue weighted by molar-refractivity contribution is -0.149. The molecule has 0 atom stereocenters. The molecule has 1 aliphatic carbocycles. The normalized spacial score (nSPS) is 18.5. The summed E-state index contributed by atoms with van der Waals surface area (Å²) in [7, 11) is 1.66. The fraction of sp³-hybridized carbons (Fsp3) is 0.619. The van der Waals surface area contributed by atoms with Crippen LogP contribution in [0, 0.1) is 5.41 Å². The number of hydrogen-bond donors (Lipinski definition) is 1. The van der Waals surface area contributed by atoms with E-state index in [1.807, 2.05) is 29.2 Å². The van der Waals surface area contributed by atoms with Gasteiger partial charge in [0.1, 0.15) is 11.2 Å². The van der Waals surface area contributed by atoms with Crippen LogP contribution in [0.3, 0.4) is 0 Å². The number of piperazine rings is 1. The number of nitrogens with one attached hydrogen (secondary N) is 1. The van der Waals surface area contributed by atoms with Gasteiger partial charge in [-0.3, -0.25) is 9.59 Å². The first-order valence-electron chi connectivity index (χ1n) is 9.91. The number of benzene rings is 1. The van der Waals surface area contributed by atoms with E-state index >= 15 is 0 Å². The number of carbonyl (C=O) groups is 2. The SMILES string of the molecule is COc1ccc(N2CCN(C(=O)C(C)(C)C(=O)NC3CCCC3)CC2)cc1. The zero-order valence-corrected chi connectivity index (χ0v) is 16.7. The van der Waals surface area contributed by atoms with Crippen molar-refractivity contribution in [1.29, 1.82) is 0 Å². The Balaban J connectivity index is 1.55. The Morgan fingerprint density at radius 2 is 1.63 bits per heavy atom. The first-order valence-corrected chi connectivity index (χ1v) is 9.91. The van der Waals surface area contributed by atoms with Gasteiger partial charge in [-0.2, -0.15) is 0 Å². The fourth-order valence-corrected chi connectivity index (χ4v) is 3.89. The number of nitrogens with zero attached hydrogens (tertiary/aromatic N) is 2. The van der Waals surface area contributed by atoms with Gasteiger partial charge in [0, 0.05) is 37.9 Å². The number of anilines is 1. The van der Waals surface area contributed by atoms with Crippen LogP contribution >= 0.6 is 0 Å². The molecule has 2 fully saturated rings. The van der Waals surface area contributed by atoms with Crippen molar-refractivity contribution in [2.24, 2.45) is 5.41 Å². The minimum absolute atomic E-state index is 0.0765. The van der Waals surface area contributed by atoms with Gasteiger partial charge in [-0.1, -0.05) is 12.8 Å². The van der Waals surface area contributed by atoms with Crippen LogP contribution in [-0.2, 0) is 9.59 Å². The minimum atomic E-state index is -1.02. The highest BCUT2D eigenvalue weighted by Crippen LogP contribution is 2.25. The number of hydrogen-bond acceptors (Lipinski definition) is 4. The summed E-state index contributed by atoms with van der Waals surface area (Å²) in [6, 6.07) is 8.20. The molecule has 0 unspecified atom stereocenters. The van der Waals surface area contributed by atoms with Crippen molar-refractivity contribution in [2.75, 3.05) is 38.2 Å². The highest BCUT2D eigenvalue weighted by Gasteiger charge is 2.40. The van der Waals surface area contributed by atoms with Crippen LogP contribution in [0.25, 0.3) is 0 Å². The van der Waals surface area contributed by atoms with Crippen molar-refractivity contribution in [3.05, 3.63) is 24.3 Å². The molecule has 1 aliphatic heterocycles. The summed E-state index contributed by atoms with van der Waals surface area (Å²) in [5, 5.41) is 3.08. The van der Waals surface area contributed by atoms with Crippen LogP contribution in [0.5, 0.6) is 5.75 Å². The Labute approximate surface area is 161 Å². The second kappa shape index (κ2) is 8.19. The molecular weight excluding hydrogens is 342 g/mol. The Kier molecular flexibility index (Phi) is 5.92. The van der Waals surface area contributed by atoms with E-state index < -0.39 is 5.41 Å². The van der Waals surface area contributed by atoms with Crippen molar-refractivity contribution < 1.29 is 14.3 Å². The fourth-order valence-electron chi connectivity index (χ4n) is 3.89. The quantitative estimate of drug-likeness (QED) is 0.806. The molecular formula is C21H31N3O3. The van der Waals surface area contributed by atoms with Gasteiger partial charge in [0.25, 0.3) is 0 Å². The molecule has 1 heterocycles. The second-order valence-electron chi connectivity index (χ2n) is 8.06. The van der Waals surface area contributed by atoms with Gasteiger partial charge in [-0.15, -0.1) is 0 Å². The molecule has 2 aliphatic rings. The first kappa shape index (κ1) is 19.5. The van der Waals surface area contributed by atoms with Gasteiger partial charge in [0.05, 0.1) is 7.11 Å². The van der Waals surface area contributed by atoms with E-state index in [4.69, 9.17) is 4.74 Å². The largest absolute Gasteiger partial charge is 0.497 e. The van der Waals surface area contributed by atoms with Crippen LogP contribution in [0.4, 0.5) is 5.69 Å². The van der Waals surface area contributed by atoms with Crippen LogP contribution in [0.1, 0.15) is 39.5 Å². The van der Waals surface area contributed by atoms with Gasteiger partial charge in [-0.05, 0) is 51.0 Å². The number of amides is 2. The molecule has 0 radical (unpaired) electrons. The van der Waals surface area contributed by atoms with Gasteiger partial charge in [0.2, 0.25) is 11.8 Å². The van der Waals surface area contributed by atoms with Crippen molar-refractivity contribution in [3.63, 3.8) is 0 Å². The summed E-state index contributed by atoms with van der Waals surface area (Å²) < 4.78 is 5.20. The predicted molar refractivity (Wildman–Crippen MR) is 106 cm³/mol. The third-order valence-corrected chi connectivity index (χ3v) is 5.80. The standard InChI is InChI=1S/C21H31N3O3/c1-21(2,19(25)22-16-6-4-5-7-16)20(26)24-14-12-23(13-15-24)17-8-10-18(27-3)11-9-17/h8-11,16H,4-7,12-15H2,1-3H3,(H,22,25). The molecule has 0 spiro atoms. The van der Waals surface area contributed by atoms with E-state index in [9.17, 15) is 9.59 Å². The molecule has 1 saturated carbocycles. The summed E-state index contributed by atoms with van der Waals surface area (Å²) in [4.78, 5) is 29.7. The highest BCUT2D eigenvalue weighted by atomic mass is 16.5. The lowest BCUT2D eigenvalue weighted by atomic mass is 9.89. The Morgan fingerprint density at radius 3 is 2.19 bits per heavy atom. The molecule has 3 rings (SSSR count). The summed E-state index contributed by atoms with van der Waals surface area (Å²) in [6.45, 7) is 6.28. The maximum absolute atomic E-state index is 13.0. The number of carbonyl (C=O) groups excluding carboxylic acids is 2. The molecule has 1 aromatic rings. The lowest BCUT2D eigenvalue weighted by Gasteiger charge is -2.39. The van der Waals surface area contributed by atoms with Crippen LogP contribution in [-0.4, -0.2) is 56.0 Å². The highest BCUT2D eigenvalue weighted by molar-refractivity contribution is 6.04. The molecule has 0 aromatic heterocycles. The number of methoxy groups -OCH3 is 1. The molecule has 1 saturated heterocycles. The topological polar surface area (TPSA) is 61.9 Å². The van der Waals surface area contributed by atoms with Gasteiger partial charge < -0.3 is 19.9 Å². The lowest BCUT2D eigenvalue weighted by Crippen LogP contribution is -2.56. The van der Waals surface area contributed by atoms with E-state index in [1.54, 1.807) is 21.0 Å². The summed E-state index contributed by atoms with van der Waals surface area (Å²) in [5.74, 6) is 0.618. The van der Waals surface area contributed by atoms with Crippen molar-refractivity contribution in [1.82, 2.24) is 10.2 Å². The molecule has 0 bridgehead atoms. The van der Waals surface area contributed by atoms with Gasteiger partial charge in [0.15, 0.2) is 0 Å². The van der Waals surface area contributed by atoms with Gasteiger partial charge >= 0.3 is 0 Å². The molecule has 27 heavy (non-hydrogen) atoms. The van der Waals surface area contributed by atoms with Crippen molar-refractivity contribution >= 4 is 17.5 Å². The van der Waals surface area contributed by atoms with Crippen molar-refractivity contribution in [2.45, 2.75) is 45.6 Å². The van der Waals surface area contributed by atoms with Gasteiger partial charge in [-0.25, -0.2) is 0 Å². The van der Waals surface area contributed by atoms with Crippen LogP contribution in [0.2, 0.25) is 0 Å². The smallest absolute Gasteiger partial charge is 0.237 e. The minimum Gasteiger partial charge on any atom is -0.497 e. The maximum Gasteiger partial charge on any atom is 0.237 e. The average molecular weight is 373 g/mol. The number of ether oxygens (including phenoxy) is 1. The Bertz CT molecular complexity index is 658. The average Bonchev–Trinajstić information content (AvgIpc) is 3.20. The Morgan fingerprint density at radius 1 is 1.04 bits per heavy atom. The van der Waals surface area contributed by atoms with Crippen molar-refractivity contribution in [3.8, 4) is 5.75 Å². The first-order chi connectivity index (χ1) is 12.9. The third-order valence-electron chi connectivity index (χ3n) is 5.80. The molecule has 1 aromatic carbocycles. The molecule has 6 nitrogen and oxygen atoms in total. The zero-order valence-electron chi connectivity index (χ0n) is 16.7. The summed E-state index contributed by atoms with van der Waals surface area (Å²) >= 11 is 0. The van der Waals surface area contributed by atoms with E-state index in [-0.39, 0.29) is 17.9 Å². The van der Waals surface area contributed by atoms with E-state index in [2.05, 4.69) is 10.2 Å². The predicted octanol–water partition coefficient (Wildman–Crippen LogP) is 2.43. The maximum atomic E-state index is 13.0. The van der Waals surface area contributed by atoms with E-state index in [0.29, 0.717) is 13.1 Å². The third kappa shape index (κ3) is 4.37. The molecule has 1 N–H and O–H groups in total. The summed E-state index contributed by atoms with van der Waals surface area (Å²) in [6.07, 6.45) is 4.37.